The van der Waals surface area contributed by atoms with Gasteiger partial charge in [0, 0.05) is 58.8 Å². The van der Waals surface area contributed by atoms with Gasteiger partial charge in [-0.05, 0) is 26.2 Å². The van der Waals surface area contributed by atoms with Crippen LogP contribution >= 0.6 is 0 Å². The van der Waals surface area contributed by atoms with Crippen molar-refractivity contribution in [1.82, 2.24) is 21.3 Å². The molecule has 6 fully saturated rings. The lowest BCUT2D eigenvalue weighted by Gasteiger charge is -2.53. The fourth-order valence-corrected chi connectivity index (χ4v) is 19.1. The second-order valence-corrected chi connectivity index (χ2v) is 38.5. The van der Waals surface area contributed by atoms with Crippen LogP contribution in [0.5, 0.6) is 0 Å². The third-order valence-corrected chi connectivity index (χ3v) is 27.0. The third-order valence-electron chi connectivity index (χ3n) is 27.0. The summed E-state index contributed by atoms with van der Waals surface area (Å²) in [7, 11) is 0. The minimum Gasteiger partial charge on any atom is -0.477 e. The number of carbonyl (C=O) groups excluding carboxylic acids is 5. The van der Waals surface area contributed by atoms with Gasteiger partial charge in [0.25, 0.3) is 17.4 Å². The molecule has 0 radical (unpaired) electrons. The molecule has 4 amide bonds. The molecule has 0 aromatic rings. The number of amides is 4. The van der Waals surface area contributed by atoms with Crippen molar-refractivity contribution in [2.75, 3.05) is 46.2 Å². The van der Waals surface area contributed by atoms with Gasteiger partial charge in [-0.3, -0.25) is 19.2 Å². The molecular formula is C95H166N4O42. The molecule has 6 aliphatic rings. The maximum atomic E-state index is 14.5. The van der Waals surface area contributed by atoms with Crippen molar-refractivity contribution in [3.8, 4) is 0 Å². The number of carbonyl (C=O) groups is 8. The van der Waals surface area contributed by atoms with E-state index in [0.717, 1.165) is 91.9 Å². The summed E-state index contributed by atoms with van der Waals surface area (Å²) in [6.45, 7) is -0.563. The van der Waals surface area contributed by atoms with Crippen LogP contribution in [-0.2, 0) is 95.2 Å². The number of hydrogen-bond donors (Lipinski definition) is 26. The van der Waals surface area contributed by atoms with Gasteiger partial charge < -0.3 is 195 Å². The van der Waals surface area contributed by atoms with Crippen molar-refractivity contribution in [3.63, 3.8) is 0 Å². The Kier molecular flexibility index (Phi) is 55.8. The first-order chi connectivity index (χ1) is 67.1. The number of nitrogens with one attached hydrogen (secondary N) is 4. The van der Waals surface area contributed by atoms with Gasteiger partial charge in [0.15, 0.2) is 18.9 Å². The summed E-state index contributed by atoms with van der Waals surface area (Å²) in [5, 5.41) is 261. The van der Waals surface area contributed by atoms with Gasteiger partial charge >= 0.3 is 17.9 Å². The van der Waals surface area contributed by atoms with E-state index in [1.165, 1.54) is 134 Å². The van der Waals surface area contributed by atoms with E-state index in [4.69, 9.17) is 56.8 Å². The summed E-state index contributed by atoms with van der Waals surface area (Å²) in [6, 6.07) is -7.29. The number of carboxylic acids is 3. The maximum absolute atomic E-state index is 14.5. The average molecular weight is 2040 g/mol. The fraction of sp³-hybridized carbons (Fsp3) is 0.895. The number of Topliss-reactive ketones (excluding diaryl/α,β-unsaturated/α-hetero) is 1. The molecule has 0 aromatic carbocycles. The highest BCUT2D eigenvalue weighted by molar-refractivity contribution is 5.79. The molecule has 46 heteroatoms. The zero-order chi connectivity index (χ0) is 104. The van der Waals surface area contributed by atoms with Crippen LogP contribution in [0.4, 0.5) is 0 Å². The monoisotopic (exact) mass is 2040 g/mol. The predicted octanol–water partition coefficient (Wildman–Crippen LogP) is -1.48. The number of hydrogen-bond acceptors (Lipinski definition) is 39. The summed E-state index contributed by atoms with van der Waals surface area (Å²) < 4.78 is 72.1. The predicted molar refractivity (Wildman–Crippen MR) is 493 cm³/mol. The summed E-state index contributed by atoms with van der Waals surface area (Å²) >= 11 is 0. The van der Waals surface area contributed by atoms with Crippen molar-refractivity contribution in [3.05, 3.63) is 12.2 Å². The van der Waals surface area contributed by atoms with Crippen LogP contribution in [0.15, 0.2) is 12.2 Å². The summed E-state index contributed by atoms with van der Waals surface area (Å²) in [5.74, 6) is -23.6. The molecule has 141 heavy (non-hydrogen) atoms. The topological polar surface area (TPSA) is 741 Å². The Bertz CT molecular complexity index is 3660. The van der Waals surface area contributed by atoms with E-state index in [-0.39, 0.29) is 6.42 Å². The molecule has 0 saturated carbocycles. The molecule has 26 N–H and O–H groups in total. The van der Waals surface area contributed by atoms with Gasteiger partial charge in [-0.1, -0.05) is 212 Å². The fourth-order valence-electron chi connectivity index (χ4n) is 19.1. The highest BCUT2D eigenvalue weighted by Crippen LogP contribution is 2.45. The van der Waals surface area contributed by atoms with E-state index in [1.54, 1.807) is 6.08 Å². The Morgan fingerprint density at radius 2 is 0.773 bits per heavy atom. The van der Waals surface area contributed by atoms with E-state index in [1.807, 2.05) is 0 Å². The first kappa shape index (κ1) is 124. The van der Waals surface area contributed by atoms with E-state index >= 15 is 0 Å². The number of ether oxygens (including phenoxy) is 12. The molecule has 35 unspecified atom stereocenters. The standard InChI is InChI=1S/C95H166N4O42/c1-7-9-11-13-15-17-19-21-22-23-24-25-26-27-29-31-33-35-37-39-41-69(115)99-58(59(110)40-38-36-34-32-30-28-20-18-16-14-12-10-8-2)52-130-88-79(122)78(121)81(67(50-104)132-88)134-89-80(123)86(82(68(51-105)133-89)135-87-57(42-53(3)106)73(116)75(118)64(47-101)131-87)141-95(92(128)129)45-62(113)72(98-56(6)109)85(140-95)77(120)66(49-103)137-94(91(126)127)44-61(112)71(97-55(5)108)84(139-94)76(119)65(48-102)136-93(90(124)125)43-60(111)70(96-54(4)107)83(138-93)74(117)63(114)46-100/h38,40,57-68,70-89,100-105,110-114,116-123H,7-37,39,41-52H2,1-6H3,(H,96,107)(H,97,108)(H,98,109)(H,99,115)(H,124,125)(H,126,127)(H,128,129). The third kappa shape index (κ3) is 37.3. The number of carboxylic acid groups (broad SMARTS) is 3. The molecule has 6 aliphatic heterocycles. The second-order valence-electron chi connectivity index (χ2n) is 38.5. The van der Waals surface area contributed by atoms with Gasteiger partial charge in [0.2, 0.25) is 23.6 Å². The molecule has 6 saturated heterocycles. The Labute approximate surface area is 823 Å². The second kappa shape index (κ2) is 63.3. The molecule has 6 rings (SSSR count). The van der Waals surface area contributed by atoms with Gasteiger partial charge in [0.05, 0.1) is 101 Å². The number of unbranched alkanes of at least 4 members (excludes halogenated alkanes) is 30. The van der Waals surface area contributed by atoms with Crippen LogP contribution in [0, 0.1) is 5.92 Å². The van der Waals surface area contributed by atoms with Crippen molar-refractivity contribution in [1.29, 1.82) is 0 Å². The molecule has 0 bridgehead atoms. The Balaban J connectivity index is 1.28. The number of allylic oxidation sites excluding steroid dienone is 1. The number of ketones is 1. The zero-order valence-electron chi connectivity index (χ0n) is 82.2. The maximum Gasteiger partial charge on any atom is 0.364 e. The van der Waals surface area contributed by atoms with Crippen molar-refractivity contribution in [2.45, 2.75) is 486 Å². The van der Waals surface area contributed by atoms with Crippen LogP contribution in [0.1, 0.15) is 279 Å². The molecule has 35 atom stereocenters. The summed E-state index contributed by atoms with van der Waals surface area (Å²) in [4.78, 5) is 107. The Morgan fingerprint density at radius 3 is 1.16 bits per heavy atom. The smallest absolute Gasteiger partial charge is 0.364 e. The summed E-state index contributed by atoms with van der Waals surface area (Å²) in [5.41, 5.74) is 0. The molecule has 0 spiro atoms. The van der Waals surface area contributed by atoms with Crippen molar-refractivity contribution in [2.24, 2.45) is 5.92 Å². The number of aliphatic hydroxyl groups is 19. The number of aliphatic hydroxyl groups excluding tert-OH is 19. The minimum absolute atomic E-state index is 0.0836. The normalized spacial score (nSPS) is 33.2. The van der Waals surface area contributed by atoms with E-state index in [2.05, 4.69) is 35.1 Å². The van der Waals surface area contributed by atoms with E-state index < -0.39 is 332 Å². The quantitative estimate of drug-likeness (QED) is 0.0244. The average Bonchev–Trinajstić information content (AvgIpc) is 0.745. The van der Waals surface area contributed by atoms with Crippen molar-refractivity contribution >= 4 is 47.3 Å². The molecule has 818 valence electrons. The van der Waals surface area contributed by atoms with Crippen LogP contribution in [0.3, 0.4) is 0 Å². The lowest BCUT2D eigenvalue weighted by molar-refractivity contribution is -0.404. The Hall–Kier alpha value is -5.54. The molecule has 0 aliphatic carbocycles. The van der Waals surface area contributed by atoms with Gasteiger partial charge in [0.1, 0.15) is 122 Å². The molecule has 46 nitrogen and oxygen atoms in total. The van der Waals surface area contributed by atoms with Gasteiger partial charge in [-0.15, -0.1) is 0 Å². The lowest BCUT2D eigenvalue weighted by Crippen LogP contribution is -2.72. The SMILES string of the molecule is CCCCCCCCCCCCCC=CC(O)C(COC1OC(CO)C(OC2OC(CO)C(OC3OC(CO)C(O)C(O)C3CC(C)=O)C(OC3(C(=O)O)CC(O)C(NC(C)=O)C(C(O)C(CO)OC4(C(=O)O)CC(O)C(NC(C)=O)C(C(O)C(CO)OC5(C(=O)O)CC(O)C(NC(C)=O)C(C(O)C(O)CO)O5)O4)O3)C2O)C(O)C1O)NC(=O)CCCCCCCCCCCCCCCCCCCCCC. The van der Waals surface area contributed by atoms with Gasteiger partial charge in [-0.2, -0.15) is 0 Å². The molecular weight excluding hydrogens is 1870 g/mol. The lowest BCUT2D eigenvalue weighted by atomic mass is 9.86. The van der Waals surface area contributed by atoms with Crippen LogP contribution in [0.25, 0.3) is 0 Å². The van der Waals surface area contributed by atoms with E-state index in [9.17, 15) is 151 Å². The Morgan fingerprint density at radius 1 is 0.404 bits per heavy atom. The highest BCUT2D eigenvalue weighted by atomic mass is 16.8. The van der Waals surface area contributed by atoms with Crippen molar-refractivity contribution < 1.29 is 208 Å². The van der Waals surface area contributed by atoms with Gasteiger partial charge in [-0.25, -0.2) is 14.4 Å². The summed E-state index contributed by atoms with van der Waals surface area (Å²) in [6.07, 6.45) is -27.2. The van der Waals surface area contributed by atoms with Crippen LogP contribution < -0.4 is 21.3 Å². The first-order valence-corrected chi connectivity index (χ1v) is 50.6. The van der Waals surface area contributed by atoms with Crippen LogP contribution in [-0.4, -0.2) is 413 Å². The largest absolute Gasteiger partial charge is 0.477 e. The minimum atomic E-state index is -3.71. The van der Waals surface area contributed by atoms with Crippen LogP contribution in [0.2, 0.25) is 0 Å². The molecule has 0 aromatic heterocycles. The first-order valence-electron chi connectivity index (χ1n) is 50.6. The number of rotatable bonds is 69. The number of aliphatic carboxylic acids is 3. The van der Waals surface area contributed by atoms with E-state index in [0.29, 0.717) is 12.8 Å². The highest BCUT2D eigenvalue weighted by Gasteiger charge is 2.65. The molecule has 6 heterocycles. The zero-order valence-corrected chi connectivity index (χ0v) is 82.2.